The van der Waals surface area contributed by atoms with E-state index in [1.54, 1.807) is 29.5 Å². The molecule has 0 saturated heterocycles. The molecule has 0 fully saturated rings. The fourth-order valence-corrected chi connectivity index (χ4v) is 5.82. The molecule has 4 aromatic rings. The second kappa shape index (κ2) is 10.8. The van der Waals surface area contributed by atoms with Gasteiger partial charge in [-0.15, -0.1) is 39.4 Å². The highest BCUT2D eigenvalue weighted by atomic mass is 35.5. The summed E-state index contributed by atoms with van der Waals surface area (Å²) in [4.78, 5) is 18.3. The molecule has 0 saturated carbocycles. The summed E-state index contributed by atoms with van der Waals surface area (Å²) in [5.41, 5.74) is 2.47. The first kappa shape index (κ1) is 24.0. The third kappa shape index (κ3) is 5.67. The zero-order chi connectivity index (χ0) is 23.4. The van der Waals surface area contributed by atoms with Crippen molar-refractivity contribution in [2.45, 2.75) is 25.0 Å². The largest absolute Gasteiger partial charge is 0.301 e. The standard InChI is InChI=1S/C22H19Cl2N5OS3/c1-3-7-29-20(13-8-15(4-2)31-10-13)27-28-22(29)33-12-19(30)26-21-25-18(11-32-21)16-6-5-14(23)9-17(16)24/h3,5-6,8-11H,1,4,7,12H2,2H3,(H,25,26,30). The molecule has 3 heterocycles. The molecule has 11 heteroatoms. The topological polar surface area (TPSA) is 72.7 Å². The van der Waals surface area contributed by atoms with Crippen LogP contribution >= 0.6 is 57.6 Å². The average molecular weight is 537 g/mol. The van der Waals surface area contributed by atoms with Gasteiger partial charge in [0.15, 0.2) is 16.1 Å². The number of allylic oxidation sites excluding steroid dienone is 1. The molecule has 0 radical (unpaired) electrons. The lowest BCUT2D eigenvalue weighted by molar-refractivity contribution is -0.113. The Balaban J connectivity index is 1.42. The number of thiophene rings is 1. The van der Waals surface area contributed by atoms with E-state index >= 15 is 0 Å². The number of aromatic nitrogens is 4. The number of hydrogen-bond donors (Lipinski definition) is 1. The van der Waals surface area contributed by atoms with Crippen molar-refractivity contribution in [1.29, 1.82) is 0 Å². The first-order valence-electron chi connectivity index (χ1n) is 9.94. The van der Waals surface area contributed by atoms with Crippen LogP contribution in [-0.4, -0.2) is 31.4 Å². The Morgan fingerprint density at radius 3 is 2.82 bits per heavy atom. The quantitative estimate of drug-likeness (QED) is 0.186. The third-order valence-corrected chi connectivity index (χ3v) is 7.93. The predicted molar refractivity (Wildman–Crippen MR) is 140 cm³/mol. The van der Waals surface area contributed by atoms with Crippen LogP contribution < -0.4 is 5.32 Å². The van der Waals surface area contributed by atoms with E-state index in [0.29, 0.717) is 32.6 Å². The molecule has 0 unspecified atom stereocenters. The highest BCUT2D eigenvalue weighted by Crippen LogP contribution is 2.33. The van der Waals surface area contributed by atoms with Gasteiger partial charge in [-0.3, -0.25) is 9.36 Å². The molecule has 1 amide bonds. The van der Waals surface area contributed by atoms with Gasteiger partial charge in [0, 0.05) is 38.3 Å². The van der Waals surface area contributed by atoms with Gasteiger partial charge in [-0.2, -0.15) is 0 Å². The molecule has 0 spiro atoms. The van der Waals surface area contributed by atoms with Gasteiger partial charge in [-0.1, -0.05) is 48.0 Å². The predicted octanol–water partition coefficient (Wildman–Crippen LogP) is 6.92. The summed E-state index contributed by atoms with van der Waals surface area (Å²) in [5.74, 6) is 0.773. The van der Waals surface area contributed by atoms with E-state index in [-0.39, 0.29) is 11.7 Å². The van der Waals surface area contributed by atoms with Gasteiger partial charge in [0.05, 0.1) is 16.5 Å². The molecule has 1 N–H and O–H groups in total. The highest BCUT2D eigenvalue weighted by molar-refractivity contribution is 7.99. The summed E-state index contributed by atoms with van der Waals surface area (Å²) < 4.78 is 1.97. The van der Waals surface area contributed by atoms with E-state index in [0.717, 1.165) is 23.4 Å². The van der Waals surface area contributed by atoms with Crippen LogP contribution in [-0.2, 0) is 17.8 Å². The van der Waals surface area contributed by atoms with Gasteiger partial charge in [0.2, 0.25) is 5.91 Å². The first-order chi connectivity index (χ1) is 16.0. The maximum Gasteiger partial charge on any atom is 0.236 e. The molecule has 0 aliphatic heterocycles. The summed E-state index contributed by atoms with van der Waals surface area (Å²) in [6.07, 6.45) is 2.77. The highest BCUT2D eigenvalue weighted by Gasteiger charge is 2.17. The minimum atomic E-state index is -0.179. The van der Waals surface area contributed by atoms with E-state index in [1.165, 1.54) is 28.0 Å². The van der Waals surface area contributed by atoms with E-state index < -0.39 is 0 Å². The Morgan fingerprint density at radius 2 is 2.09 bits per heavy atom. The molecule has 0 atom stereocenters. The molecule has 3 aromatic heterocycles. The van der Waals surface area contributed by atoms with Crippen molar-refractivity contribution in [3.05, 3.63) is 62.6 Å². The minimum Gasteiger partial charge on any atom is -0.301 e. The third-order valence-electron chi connectivity index (χ3n) is 4.58. The van der Waals surface area contributed by atoms with Crippen molar-refractivity contribution >= 4 is 68.7 Å². The van der Waals surface area contributed by atoms with Crippen molar-refractivity contribution in [3.8, 4) is 22.6 Å². The van der Waals surface area contributed by atoms with E-state index in [4.69, 9.17) is 23.2 Å². The fraction of sp³-hybridized carbons (Fsp3) is 0.182. The number of carbonyl (C=O) groups is 1. The Hall–Kier alpha value is -2.17. The average Bonchev–Trinajstić information content (AvgIpc) is 3.52. The lowest BCUT2D eigenvalue weighted by atomic mass is 10.2. The van der Waals surface area contributed by atoms with Crippen LogP contribution in [0.5, 0.6) is 0 Å². The number of benzene rings is 1. The molecule has 170 valence electrons. The normalized spacial score (nSPS) is 11.0. The number of nitrogens with zero attached hydrogens (tertiary/aromatic N) is 4. The van der Waals surface area contributed by atoms with Gasteiger partial charge in [-0.05, 0) is 30.7 Å². The molecule has 6 nitrogen and oxygen atoms in total. The Morgan fingerprint density at radius 1 is 1.24 bits per heavy atom. The van der Waals surface area contributed by atoms with Crippen LogP contribution in [0.1, 0.15) is 11.8 Å². The first-order valence-corrected chi connectivity index (χ1v) is 13.4. The van der Waals surface area contributed by atoms with Crippen LogP contribution in [0.15, 0.2) is 52.8 Å². The number of thiazole rings is 1. The second-order valence-corrected chi connectivity index (χ2v) is 10.5. The number of halogens is 2. The number of anilines is 1. The fourth-order valence-electron chi connectivity index (χ4n) is 3.02. The van der Waals surface area contributed by atoms with Gasteiger partial charge in [0.25, 0.3) is 0 Å². The van der Waals surface area contributed by atoms with E-state index in [9.17, 15) is 4.79 Å². The number of rotatable bonds is 9. The van der Waals surface area contributed by atoms with E-state index in [2.05, 4.69) is 45.4 Å². The molecule has 33 heavy (non-hydrogen) atoms. The Kier molecular flexibility index (Phi) is 7.87. The molecular weight excluding hydrogens is 517 g/mol. The van der Waals surface area contributed by atoms with Crippen LogP contribution in [0.3, 0.4) is 0 Å². The Bertz CT molecular complexity index is 1300. The summed E-state index contributed by atoms with van der Waals surface area (Å²) in [7, 11) is 0. The lowest BCUT2D eigenvalue weighted by Crippen LogP contribution is -2.14. The maximum atomic E-state index is 12.5. The smallest absolute Gasteiger partial charge is 0.236 e. The van der Waals surface area contributed by atoms with Gasteiger partial charge >= 0.3 is 0 Å². The van der Waals surface area contributed by atoms with Gasteiger partial charge in [-0.25, -0.2) is 4.98 Å². The zero-order valence-corrected chi connectivity index (χ0v) is 21.5. The summed E-state index contributed by atoms with van der Waals surface area (Å²) >= 11 is 16.6. The summed E-state index contributed by atoms with van der Waals surface area (Å²) in [6, 6.07) is 7.36. The van der Waals surface area contributed by atoms with Gasteiger partial charge in [0.1, 0.15) is 0 Å². The number of amides is 1. The molecule has 0 aliphatic carbocycles. The molecular formula is C22H19Cl2N5OS3. The number of carbonyl (C=O) groups excluding carboxylic acids is 1. The van der Waals surface area contributed by atoms with Crippen LogP contribution in [0.2, 0.25) is 10.0 Å². The van der Waals surface area contributed by atoms with Crippen molar-refractivity contribution in [2.24, 2.45) is 0 Å². The molecule has 0 bridgehead atoms. The minimum absolute atomic E-state index is 0.176. The Labute approximate surface area is 213 Å². The maximum absolute atomic E-state index is 12.5. The lowest BCUT2D eigenvalue weighted by Gasteiger charge is -2.06. The van der Waals surface area contributed by atoms with E-state index in [1.807, 2.05) is 16.0 Å². The number of thioether (sulfide) groups is 1. The van der Waals surface area contributed by atoms with Crippen LogP contribution in [0.4, 0.5) is 5.13 Å². The molecule has 0 aliphatic rings. The van der Waals surface area contributed by atoms with Gasteiger partial charge < -0.3 is 5.32 Å². The number of nitrogens with one attached hydrogen (secondary N) is 1. The number of hydrogen-bond acceptors (Lipinski definition) is 7. The van der Waals surface area contributed by atoms with Crippen molar-refractivity contribution in [3.63, 3.8) is 0 Å². The monoisotopic (exact) mass is 535 g/mol. The van der Waals surface area contributed by atoms with Crippen molar-refractivity contribution in [2.75, 3.05) is 11.1 Å². The number of aryl methyl sites for hydroxylation is 1. The second-order valence-electron chi connectivity index (χ2n) is 6.86. The van der Waals surface area contributed by atoms with Crippen LogP contribution in [0, 0.1) is 0 Å². The SMILES string of the molecule is C=CCn1c(SCC(=O)Nc2nc(-c3ccc(Cl)cc3Cl)cs2)nnc1-c1csc(CC)c1. The van der Waals surface area contributed by atoms with Crippen LogP contribution in [0.25, 0.3) is 22.6 Å². The molecule has 4 rings (SSSR count). The molecule has 1 aromatic carbocycles. The summed E-state index contributed by atoms with van der Waals surface area (Å²) in [5, 5.41) is 17.6. The van der Waals surface area contributed by atoms with Crippen molar-refractivity contribution < 1.29 is 4.79 Å². The summed E-state index contributed by atoms with van der Waals surface area (Å²) in [6.45, 7) is 6.52. The zero-order valence-electron chi connectivity index (χ0n) is 17.5. The van der Waals surface area contributed by atoms with Crippen molar-refractivity contribution in [1.82, 2.24) is 19.7 Å².